The predicted octanol–water partition coefficient (Wildman–Crippen LogP) is 10.4. The molecule has 24 nitrogen and oxygen atoms in total. The smallest absolute Gasteiger partial charge is 0.251 e. The molecule has 2 saturated carbocycles. The van der Waals surface area contributed by atoms with Crippen molar-refractivity contribution in [2.45, 2.75) is 134 Å². The first-order chi connectivity index (χ1) is 53.9. The van der Waals surface area contributed by atoms with Crippen LogP contribution in [0.1, 0.15) is 152 Å². The Labute approximate surface area is 663 Å². The van der Waals surface area contributed by atoms with Crippen LogP contribution < -0.4 is 21.7 Å². The molecule has 5 fully saturated rings. The summed E-state index contributed by atoms with van der Waals surface area (Å²) >= 11 is 0. The lowest BCUT2D eigenvalue weighted by Crippen LogP contribution is -2.54. The fourth-order valence-corrected chi connectivity index (χ4v) is 13.7. The highest BCUT2D eigenvalue weighted by molar-refractivity contribution is 5.99. The molecule has 6 N–H and O–H groups in total. The SMILES string of the molecule is C.C.CN1CCN(C(=O)[C@H](CCCC=O)NC(=O)c2ccc(-c3ncccn3)cc2)CC1.CN1CCN(C(=O)[C@H](CCCCC[C@@H]2C[C@H]2c2ccc(F)cc2)NC(=O)c2ccc(-c3ncccn3)cc2)CC1.CN1CCN(C(=O)[C@H](CCCCO)NC(=O)c2ccc(-c3ncccn3)cc2)CC1.N[C@@H]1C[C@H]1c1ccc(F)cc1. The first kappa shape index (κ1) is 88.1. The number of amides is 6. The Morgan fingerprint density at radius 2 is 0.743 bits per heavy atom. The molecule has 26 heteroatoms. The van der Waals surface area contributed by atoms with Gasteiger partial charge < -0.3 is 61.0 Å². The Morgan fingerprint density at radius 1 is 0.434 bits per heavy atom. The second-order valence-electron chi connectivity index (χ2n) is 29.1. The number of carbonyl (C=O) groups is 7. The lowest BCUT2D eigenvalue weighted by molar-refractivity contribution is -0.135. The number of aliphatic hydroxyl groups is 1. The number of hydrogen-bond donors (Lipinski definition) is 5. The van der Waals surface area contributed by atoms with Crippen LogP contribution in [-0.4, -0.2) is 237 Å². The number of benzene rings is 5. The second-order valence-corrected chi connectivity index (χ2v) is 29.1. The molecule has 5 aliphatic rings. The lowest BCUT2D eigenvalue weighted by Gasteiger charge is -2.34. The van der Waals surface area contributed by atoms with E-state index in [9.17, 15) is 42.3 Å². The zero-order valence-electron chi connectivity index (χ0n) is 63.8. The maximum atomic E-state index is 13.5. The maximum absolute atomic E-state index is 13.5. The highest BCUT2D eigenvalue weighted by Crippen LogP contribution is 2.50. The summed E-state index contributed by atoms with van der Waals surface area (Å²) in [5, 5.41) is 17.9. The summed E-state index contributed by atoms with van der Waals surface area (Å²) in [6, 6.07) is 38.4. The molecule has 2 aliphatic carbocycles. The molecule has 8 aromatic rings. The van der Waals surface area contributed by atoms with Gasteiger partial charge in [0.25, 0.3) is 17.7 Å². The number of hydrogen-bond acceptors (Lipinski definition) is 18. The molecule has 0 radical (unpaired) electrons. The van der Waals surface area contributed by atoms with Gasteiger partial charge in [0.15, 0.2) is 17.5 Å². The first-order valence-corrected chi connectivity index (χ1v) is 38.7. The molecule has 6 heterocycles. The van der Waals surface area contributed by atoms with Crippen molar-refractivity contribution >= 4 is 41.7 Å². The third-order valence-electron chi connectivity index (χ3n) is 20.8. The number of nitrogens with two attached hydrogens (primary N) is 1. The highest BCUT2D eigenvalue weighted by atomic mass is 19.1. The van der Waals surface area contributed by atoms with Crippen molar-refractivity contribution < 1.29 is 47.4 Å². The fraction of sp³-hybridized carbons (Fsp3) is 0.437. The number of nitrogens with zero attached hydrogens (tertiary/aromatic N) is 12. The number of rotatable bonds is 28. The van der Waals surface area contributed by atoms with Gasteiger partial charge in [0.05, 0.1) is 0 Å². The second kappa shape index (κ2) is 45.3. The van der Waals surface area contributed by atoms with Crippen LogP contribution in [0, 0.1) is 17.6 Å². The molecule has 3 saturated heterocycles. The van der Waals surface area contributed by atoms with Crippen LogP contribution in [-0.2, 0) is 19.2 Å². The zero-order valence-corrected chi connectivity index (χ0v) is 63.8. The van der Waals surface area contributed by atoms with E-state index in [0.29, 0.717) is 142 Å². The van der Waals surface area contributed by atoms with E-state index in [1.165, 1.54) is 29.7 Å². The minimum Gasteiger partial charge on any atom is -0.396 e. The van der Waals surface area contributed by atoms with Crippen molar-refractivity contribution in [3.8, 4) is 34.2 Å². The average Bonchev–Trinajstić information content (AvgIpc) is 1.69. The van der Waals surface area contributed by atoms with Crippen molar-refractivity contribution in [2.75, 3.05) is 106 Å². The highest BCUT2D eigenvalue weighted by Gasteiger charge is 2.38. The van der Waals surface area contributed by atoms with Gasteiger partial charge in [0.2, 0.25) is 17.7 Å². The lowest BCUT2D eigenvalue weighted by atomic mass is 10.0. The van der Waals surface area contributed by atoms with Gasteiger partial charge in [-0.3, -0.25) is 28.8 Å². The Hall–Kier alpha value is -10.5. The van der Waals surface area contributed by atoms with E-state index in [2.05, 4.69) is 67.6 Å². The summed E-state index contributed by atoms with van der Waals surface area (Å²) < 4.78 is 25.6. The third-order valence-corrected chi connectivity index (χ3v) is 20.8. The van der Waals surface area contributed by atoms with E-state index in [4.69, 9.17) is 10.8 Å². The minimum absolute atomic E-state index is 0. The molecule has 0 unspecified atom stereocenters. The fourth-order valence-electron chi connectivity index (χ4n) is 13.7. The Morgan fingerprint density at radius 3 is 1.05 bits per heavy atom. The summed E-state index contributed by atoms with van der Waals surface area (Å²) in [5.41, 5.74) is 12.0. The van der Waals surface area contributed by atoms with Crippen LogP contribution in [0.4, 0.5) is 8.78 Å². The first-order valence-electron chi connectivity index (χ1n) is 38.7. The Balaban J connectivity index is 0.000000199. The standard InChI is InChI=1S/C32H38FN5O2.C22H29N5O3.C22H27N5O3.C9H10FN.2CH4/c1-37-18-20-38(21-19-37)32(40)29(7-4-2-3-6-26-22-28(26)23-12-14-27(33)15-13-23)36-31(39)25-10-8-24(9-11-25)30-34-16-5-17-35-30;2*1-26-12-14-27(15-13-26)22(30)19(5-2-3-16-28)25-21(29)18-8-6-17(7-9-18)20-23-10-4-11-24-20;10-7-3-1-6(2-4-7)8-5-9(8)11;;/h5,8-17,26,28-29H,2-4,6-7,18-22H2,1H3,(H,36,39);4,6-11,19,28H,2-3,5,12-16H2,1H3,(H,25,29);4,6-11,16,19H,2-3,5,12-15H2,1H3,(H,25,29);1-4,8-9H,5,11H2;2*1H4/t26-,28+,29+;2*19-;8-,9+;;/m1000../s1. The normalized spacial score (nSPS) is 18.0. The van der Waals surface area contributed by atoms with Crippen molar-refractivity contribution in [1.29, 1.82) is 0 Å². The van der Waals surface area contributed by atoms with Crippen LogP contribution >= 0.6 is 0 Å². The van der Waals surface area contributed by atoms with Gasteiger partial charge in [-0.1, -0.05) is 94.8 Å². The van der Waals surface area contributed by atoms with E-state index in [1.807, 2.05) is 60.3 Å². The molecule has 13 rings (SSSR count). The molecule has 3 aromatic heterocycles. The van der Waals surface area contributed by atoms with Crippen molar-refractivity contribution in [3.05, 3.63) is 216 Å². The van der Waals surface area contributed by atoms with Gasteiger partial charge in [-0.15, -0.1) is 0 Å². The molecule has 6 amide bonds. The van der Waals surface area contributed by atoms with Crippen LogP contribution in [0.15, 0.2) is 177 Å². The number of nitrogens with one attached hydrogen (secondary N) is 3. The Kier molecular flexibility index (Phi) is 35.3. The van der Waals surface area contributed by atoms with Gasteiger partial charge in [0, 0.05) is 174 Å². The predicted molar refractivity (Wildman–Crippen MR) is 435 cm³/mol. The molecule has 0 spiro atoms. The molecule has 602 valence electrons. The molecule has 0 bridgehead atoms. The van der Waals surface area contributed by atoms with Gasteiger partial charge in [-0.25, -0.2) is 38.7 Å². The number of likely N-dealkylation sites (N-methyl/N-ethyl adjacent to an activating group) is 3. The largest absolute Gasteiger partial charge is 0.396 e. The number of carbonyl (C=O) groups excluding carboxylic acids is 7. The third kappa shape index (κ3) is 27.4. The van der Waals surface area contributed by atoms with Crippen molar-refractivity contribution in [3.63, 3.8) is 0 Å². The summed E-state index contributed by atoms with van der Waals surface area (Å²) in [6.45, 7) is 8.99. The molecular weight excluding hydrogens is 1440 g/mol. The summed E-state index contributed by atoms with van der Waals surface area (Å²) in [7, 11) is 6.12. The molecular formula is C87H112F2N16O8. The number of aldehydes is 1. The van der Waals surface area contributed by atoms with Gasteiger partial charge in [0.1, 0.15) is 36.0 Å². The number of halogens is 2. The monoisotopic (exact) mass is 1550 g/mol. The van der Waals surface area contributed by atoms with Gasteiger partial charge >= 0.3 is 0 Å². The summed E-state index contributed by atoms with van der Waals surface area (Å²) in [4.78, 5) is 126. The average molecular weight is 1550 g/mol. The molecule has 113 heavy (non-hydrogen) atoms. The Bertz CT molecular complexity index is 4220. The van der Waals surface area contributed by atoms with Crippen LogP contribution in [0.3, 0.4) is 0 Å². The quantitative estimate of drug-likeness (QED) is 0.0225. The number of unbranched alkanes of at least 4 members (excludes halogenated alkanes) is 4. The topological polar surface area (TPSA) is 299 Å². The summed E-state index contributed by atoms with van der Waals surface area (Å²) in [6.07, 6.45) is 21.0. The molecule has 5 aromatic carbocycles. The zero-order chi connectivity index (χ0) is 78.4. The van der Waals surface area contributed by atoms with Gasteiger partial charge in [-0.05, 0) is 181 Å². The van der Waals surface area contributed by atoms with Crippen LogP contribution in [0.5, 0.6) is 0 Å². The van der Waals surface area contributed by atoms with E-state index < -0.39 is 18.1 Å². The molecule has 7 atom stereocenters. The maximum Gasteiger partial charge on any atom is 0.251 e. The van der Waals surface area contributed by atoms with E-state index in [-0.39, 0.29) is 68.5 Å². The van der Waals surface area contributed by atoms with E-state index in [1.54, 1.807) is 133 Å². The van der Waals surface area contributed by atoms with Crippen LogP contribution in [0.25, 0.3) is 34.2 Å². The molecule has 3 aliphatic heterocycles. The minimum atomic E-state index is -0.641. The van der Waals surface area contributed by atoms with Crippen LogP contribution in [0.2, 0.25) is 0 Å². The van der Waals surface area contributed by atoms with E-state index in [0.717, 1.165) is 94.3 Å². The van der Waals surface area contributed by atoms with Crippen molar-refractivity contribution in [1.82, 2.24) is 75.3 Å². The van der Waals surface area contributed by atoms with Gasteiger partial charge in [-0.2, -0.15) is 0 Å². The number of aromatic nitrogens is 6. The number of aliphatic hydroxyl groups excluding tert-OH is 1. The summed E-state index contributed by atoms with van der Waals surface area (Å²) in [5.74, 6) is 2.14. The number of piperazine rings is 3. The van der Waals surface area contributed by atoms with E-state index >= 15 is 0 Å². The van der Waals surface area contributed by atoms with Crippen molar-refractivity contribution in [2.24, 2.45) is 11.7 Å².